The highest BCUT2D eigenvalue weighted by molar-refractivity contribution is 5.41. The Morgan fingerprint density at radius 2 is 2.00 bits per heavy atom. The summed E-state index contributed by atoms with van der Waals surface area (Å²) in [6.07, 6.45) is 5.43. The fourth-order valence-electron chi connectivity index (χ4n) is 1.27. The van der Waals surface area contributed by atoms with Crippen LogP contribution in [0.15, 0.2) is 6.07 Å². The number of rotatable bonds is 3. The second-order valence-electron chi connectivity index (χ2n) is 4.80. The van der Waals surface area contributed by atoms with Gasteiger partial charge in [-0.3, -0.25) is 0 Å². The normalized spacial score (nSPS) is 11.3. The van der Waals surface area contributed by atoms with Gasteiger partial charge < -0.3 is 5.32 Å². The molecule has 1 aromatic rings. The molecule has 0 spiro atoms. The van der Waals surface area contributed by atoms with Crippen LogP contribution in [0.3, 0.4) is 0 Å². The third-order valence-corrected chi connectivity index (χ3v) is 2.19. The predicted octanol–water partition coefficient (Wildman–Crippen LogP) is 2.73. The van der Waals surface area contributed by atoms with Crippen LogP contribution in [0.25, 0.3) is 0 Å². The number of anilines is 1. The van der Waals surface area contributed by atoms with Gasteiger partial charge in [-0.2, -0.15) is 0 Å². The number of aryl methyl sites for hydroxylation is 1. The van der Waals surface area contributed by atoms with Gasteiger partial charge >= 0.3 is 0 Å². The van der Waals surface area contributed by atoms with Gasteiger partial charge in [-0.1, -0.05) is 19.8 Å². The highest BCUT2D eigenvalue weighted by atomic mass is 15.1. The molecule has 0 amide bonds. The Balaban J connectivity index is 3.03. The van der Waals surface area contributed by atoms with Crippen molar-refractivity contribution in [1.82, 2.24) is 9.97 Å². The van der Waals surface area contributed by atoms with Gasteiger partial charge in [-0.15, -0.1) is 6.42 Å². The van der Waals surface area contributed by atoms with Crippen LogP contribution in [0, 0.1) is 19.3 Å². The van der Waals surface area contributed by atoms with E-state index in [1.807, 2.05) is 26.8 Å². The zero-order valence-electron chi connectivity index (χ0n) is 10.6. The van der Waals surface area contributed by atoms with E-state index in [2.05, 4.69) is 35.1 Å². The van der Waals surface area contributed by atoms with Gasteiger partial charge in [0.15, 0.2) is 0 Å². The molecule has 0 aromatic carbocycles. The number of hydrogen-bond acceptors (Lipinski definition) is 3. The lowest BCUT2D eigenvalue weighted by molar-refractivity contribution is 0.720. The van der Waals surface area contributed by atoms with Crippen LogP contribution in [-0.2, 0) is 0 Å². The van der Waals surface area contributed by atoms with E-state index in [0.717, 1.165) is 17.3 Å². The number of hydrogen-bond donors (Lipinski definition) is 1. The van der Waals surface area contributed by atoms with Gasteiger partial charge in [-0.05, 0) is 20.8 Å². The Morgan fingerprint density at radius 1 is 1.38 bits per heavy atom. The molecule has 1 N–H and O–H groups in total. The molecule has 16 heavy (non-hydrogen) atoms. The van der Waals surface area contributed by atoms with Crippen molar-refractivity contribution in [2.45, 2.75) is 46.1 Å². The molecule has 0 aliphatic carbocycles. The summed E-state index contributed by atoms with van der Waals surface area (Å²) in [5, 5.41) is 3.22. The van der Waals surface area contributed by atoms with Crippen LogP contribution >= 0.6 is 0 Å². The van der Waals surface area contributed by atoms with Crippen molar-refractivity contribution in [2.24, 2.45) is 0 Å². The van der Waals surface area contributed by atoms with Crippen molar-refractivity contribution in [3.05, 3.63) is 17.6 Å². The van der Waals surface area contributed by atoms with Crippen LogP contribution in [-0.4, -0.2) is 15.5 Å². The summed E-state index contributed by atoms with van der Waals surface area (Å²) in [4.78, 5) is 8.83. The maximum absolute atomic E-state index is 5.43. The highest BCUT2D eigenvalue weighted by Gasteiger charge is 2.15. The molecule has 0 bridgehead atoms. The second-order valence-corrected chi connectivity index (χ2v) is 4.80. The molecule has 3 heteroatoms. The molecular formula is C13H19N3. The summed E-state index contributed by atoms with van der Waals surface area (Å²) >= 11 is 0. The van der Waals surface area contributed by atoms with Crippen LogP contribution in [0.5, 0.6) is 0 Å². The topological polar surface area (TPSA) is 37.8 Å². The quantitative estimate of drug-likeness (QED) is 0.791. The molecule has 0 radical (unpaired) electrons. The molecule has 0 unspecified atom stereocenters. The molecule has 1 rings (SSSR count). The molecule has 1 heterocycles. The molecule has 86 valence electrons. The van der Waals surface area contributed by atoms with Crippen LogP contribution in [0.4, 0.5) is 5.82 Å². The summed E-state index contributed by atoms with van der Waals surface area (Å²) in [5.74, 6) is 4.63. The average molecular weight is 217 g/mol. The first-order valence-corrected chi connectivity index (χ1v) is 5.45. The minimum Gasteiger partial charge on any atom is -0.354 e. The van der Waals surface area contributed by atoms with E-state index >= 15 is 0 Å². The first-order valence-electron chi connectivity index (χ1n) is 5.45. The van der Waals surface area contributed by atoms with Crippen molar-refractivity contribution in [1.29, 1.82) is 0 Å². The summed E-state index contributed by atoms with van der Waals surface area (Å²) in [6.45, 7) is 10.00. The zero-order valence-corrected chi connectivity index (χ0v) is 10.6. The Kier molecular flexibility index (Phi) is 3.54. The molecule has 0 aliphatic heterocycles. The van der Waals surface area contributed by atoms with E-state index < -0.39 is 5.54 Å². The number of aromatic nitrogens is 2. The fourth-order valence-corrected chi connectivity index (χ4v) is 1.27. The SMILES string of the molecule is C#CC(C)(C)Nc1cc(C)nc(C(C)C)n1. The van der Waals surface area contributed by atoms with Gasteiger partial charge in [0.25, 0.3) is 0 Å². The van der Waals surface area contributed by atoms with E-state index in [4.69, 9.17) is 6.42 Å². The van der Waals surface area contributed by atoms with E-state index in [9.17, 15) is 0 Å². The Bertz CT molecular complexity index is 414. The summed E-state index contributed by atoms with van der Waals surface area (Å²) in [7, 11) is 0. The standard InChI is InChI=1S/C13H19N3/c1-7-13(5,6)16-11-8-10(4)14-12(15-11)9(2)3/h1,8-9H,2-6H3,(H,14,15,16). The van der Waals surface area contributed by atoms with Crippen LogP contribution in [0.1, 0.15) is 45.1 Å². The van der Waals surface area contributed by atoms with Crippen molar-refractivity contribution in [3.8, 4) is 12.3 Å². The Labute approximate surface area is 97.7 Å². The van der Waals surface area contributed by atoms with Gasteiger partial charge in [0.2, 0.25) is 0 Å². The number of terminal acetylenes is 1. The highest BCUT2D eigenvalue weighted by Crippen LogP contribution is 2.16. The molecule has 3 nitrogen and oxygen atoms in total. The maximum atomic E-state index is 5.43. The van der Waals surface area contributed by atoms with Crippen molar-refractivity contribution in [3.63, 3.8) is 0 Å². The minimum absolute atomic E-state index is 0.314. The summed E-state index contributed by atoms with van der Waals surface area (Å²) in [5.41, 5.74) is 0.559. The van der Waals surface area contributed by atoms with Gasteiger partial charge in [-0.25, -0.2) is 9.97 Å². The second kappa shape index (κ2) is 4.52. The lowest BCUT2D eigenvalue weighted by atomic mass is 10.1. The molecule has 0 fully saturated rings. The lowest BCUT2D eigenvalue weighted by Gasteiger charge is -2.21. The fraction of sp³-hybridized carbons (Fsp3) is 0.538. The molecule has 0 saturated heterocycles. The summed E-state index contributed by atoms with van der Waals surface area (Å²) in [6, 6.07) is 1.91. The molecule has 0 aliphatic rings. The van der Waals surface area contributed by atoms with Crippen LogP contribution in [0.2, 0.25) is 0 Å². The Morgan fingerprint density at radius 3 is 2.50 bits per heavy atom. The lowest BCUT2D eigenvalue weighted by Crippen LogP contribution is -2.29. The largest absolute Gasteiger partial charge is 0.354 e. The number of nitrogens with zero attached hydrogens (tertiary/aromatic N) is 2. The first kappa shape index (κ1) is 12.5. The van der Waals surface area contributed by atoms with Crippen molar-refractivity contribution < 1.29 is 0 Å². The predicted molar refractivity (Wildman–Crippen MR) is 67.4 cm³/mol. The minimum atomic E-state index is -0.394. The smallest absolute Gasteiger partial charge is 0.133 e. The maximum Gasteiger partial charge on any atom is 0.133 e. The molecule has 0 saturated carbocycles. The molecule has 1 aromatic heterocycles. The van der Waals surface area contributed by atoms with Gasteiger partial charge in [0, 0.05) is 17.7 Å². The van der Waals surface area contributed by atoms with Crippen molar-refractivity contribution in [2.75, 3.05) is 5.32 Å². The Hall–Kier alpha value is -1.56. The first-order chi connectivity index (χ1) is 7.34. The monoisotopic (exact) mass is 217 g/mol. The van der Waals surface area contributed by atoms with Gasteiger partial charge in [0.05, 0.1) is 5.54 Å². The van der Waals surface area contributed by atoms with E-state index in [-0.39, 0.29) is 0 Å². The van der Waals surface area contributed by atoms with Crippen LogP contribution < -0.4 is 5.32 Å². The van der Waals surface area contributed by atoms with Gasteiger partial charge in [0.1, 0.15) is 11.6 Å². The van der Waals surface area contributed by atoms with E-state index in [1.54, 1.807) is 0 Å². The molecule has 0 atom stereocenters. The van der Waals surface area contributed by atoms with E-state index in [1.165, 1.54) is 0 Å². The van der Waals surface area contributed by atoms with E-state index in [0.29, 0.717) is 5.92 Å². The zero-order chi connectivity index (χ0) is 12.3. The average Bonchev–Trinajstić information content (AvgIpc) is 2.16. The summed E-state index contributed by atoms with van der Waals surface area (Å²) < 4.78 is 0. The number of nitrogens with one attached hydrogen (secondary N) is 1. The molecular weight excluding hydrogens is 198 g/mol. The third kappa shape index (κ3) is 3.23. The third-order valence-electron chi connectivity index (χ3n) is 2.19. The van der Waals surface area contributed by atoms with Crippen molar-refractivity contribution >= 4 is 5.82 Å².